The third kappa shape index (κ3) is 1.80. The van der Waals surface area contributed by atoms with Crippen molar-refractivity contribution in [1.82, 2.24) is 4.90 Å². The van der Waals surface area contributed by atoms with Gasteiger partial charge in [-0.05, 0) is 49.4 Å². The molecule has 1 aliphatic carbocycles. The van der Waals surface area contributed by atoms with Crippen LogP contribution in [0, 0.1) is 5.92 Å². The van der Waals surface area contributed by atoms with Crippen molar-refractivity contribution in [3.8, 4) is 0 Å². The second-order valence-corrected chi connectivity index (χ2v) is 6.63. The molecule has 0 amide bonds. The van der Waals surface area contributed by atoms with E-state index < -0.39 is 0 Å². The lowest BCUT2D eigenvalue weighted by Gasteiger charge is -2.21. The summed E-state index contributed by atoms with van der Waals surface area (Å²) in [7, 11) is 0. The molecule has 0 spiro atoms. The zero-order chi connectivity index (χ0) is 12.9. The van der Waals surface area contributed by atoms with Gasteiger partial charge < -0.3 is 9.80 Å². The van der Waals surface area contributed by atoms with Crippen LogP contribution in [0.5, 0.6) is 0 Å². The highest BCUT2D eigenvalue weighted by atomic mass is 15.2. The number of benzene rings is 1. The summed E-state index contributed by atoms with van der Waals surface area (Å²) in [4.78, 5) is 5.14. The van der Waals surface area contributed by atoms with Gasteiger partial charge in [-0.1, -0.05) is 19.1 Å². The minimum absolute atomic E-state index is 0.527. The molecule has 4 rings (SSSR count). The van der Waals surface area contributed by atoms with Crippen molar-refractivity contribution in [3.63, 3.8) is 0 Å². The van der Waals surface area contributed by atoms with Crippen LogP contribution in [0.3, 0.4) is 0 Å². The van der Waals surface area contributed by atoms with Crippen molar-refractivity contribution < 1.29 is 0 Å². The fraction of sp³-hybridized carbons (Fsp3) is 0.647. The van der Waals surface area contributed by atoms with Crippen LogP contribution in [-0.4, -0.2) is 37.6 Å². The Kier molecular flexibility index (Phi) is 2.63. The molecule has 3 fully saturated rings. The standard InChI is InChI=1S/C17H24N2/c1-2-18-12-15-11-17(15,13-18)14-5-7-16(8-6-14)19-9-3-4-10-19/h5-8,15H,2-4,9-13H2,1H3/t15-,17+/m0/s1. The molecule has 3 aliphatic rings. The Morgan fingerprint density at radius 1 is 1.16 bits per heavy atom. The van der Waals surface area contributed by atoms with Crippen molar-refractivity contribution >= 4 is 5.69 Å². The molecular weight excluding hydrogens is 232 g/mol. The summed E-state index contributed by atoms with van der Waals surface area (Å²) < 4.78 is 0. The molecule has 0 unspecified atom stereocenters. The molecule has 2 atom stereocenters. The van der Waals surface area contributed by atoms with E-state index in [9.17, 15) is 0 Å². The Morgan fingerprint density at radius 2 is 1.89 bits per heavy atom. The molecule has 2 aliphatic heterocycles. The third-order valence-electron chi connectivity index (χ3n) is 5.58. The largest absolute Gasteiger partial charge is 0.372 e. The molecule has 2 heterocycles. The van der Waals surface area contributed by atoms with E-state index in [2.05, 4.69) is 41.0 Å². The van der Waals surface area contributed by atoms with E-state index in [0.29, 0.717) is 5.41 Å². The van der Waals surface area contributed by atoms with E-state index in [4.69, 9.17) is 0 Å². The van der Waals surface area contributed by atoms with Gasteiger partial charge in [0.1, 0.15) is 0 Å². The zero-order valence-corrected chi connectivity index (χ0v) is 11.9. The Hall–Kier alpha value is -1.02. The van der Waals surface area contributed by atoms with Gasteiger partial charge in [0.05, 0.1) is 0 Å². The van der Waals surface area contributed by atoms with Crippen LogP contribution in [0.15, 0.2) is 24.3 Å². The Bertz CT molecular complexity index is 461. The fourth-order valence-electron chi connectivity index (χ4n) is 4.25. The molecule has 2 nitrogen and oxygen atoms in total. The van der Waals surface area contributed by atoms with Crippen molar-refractivity contribution in [1.29, 1.82) is 0 Å². The summed E-state index contributed by atoms with van der Waals surface area (Å²) in [6.07, 6.45) is 4.14. The van der Waals surface area contributed by atoms with Crippen LogP contribution in [0.25, 0.3) is 0 Å². The van der Waals surface area contributed by atoms with Gasteiger partial charge in [0.2, 0.25) is 0 Å². The molecule has 0 radical (unpaired) electrons. The number of piperidine rings is 1. The number of likely N-dealkylation sites (N-methyl/N-ethyl adjacent to an activating group) is 1. The minimum atomic E-state index is 0.527. The predicted octanol–water partition coefficient (Wildman–Crippen LogP) is 2.88. The number of anilines is 1. The zero-order valence-electron chi connectivity index (χ0n) is 11.9. The van der Waals surface area contributed by atoms with Crippen molar-refractivity contribution in [2.75, 3.05) is 37.6 Å². The Labute approximate surface area is 116 Å². The second kappa shape index (κ2) is 4.24. The van der Waals surface area contributed by atoms with Crippen molar-refractivity contribution in [3.05, 3.63) is 29.8 Å². The van der Waals surface area contributed by atoms with Crippen LogP contribution in [0.2, 0.25) is 0 Å². The Morgan fingerprint density at radius 3 is 2.53 bits per heavy atom. The number of likely N-dealkylation sites (tertiary alicyclic amines) is 1. The van der Waals surface area contributed by atoms with E-state index in [0.717, 1.165) is 5.92 Å². The molecule has 0 aromatic heterocycles. The average molecular weight is 256 g/mol. The van der Waals surface area contributed by atoms with Gasteiger partial charge in [-0.25, -0.2) is 0 Å². The SMILES string of the molecule is CCN1C[C@@H]2C[C@]2(c2ccc(N3CCCC3)cc2)C1. The molecule has 2 heteroatoms. The lowest BCUT2D eigenvalue weighted by molar-refractivity contribution is 0.314. The van der Waals surface area contributed by atoms with Crippen LogP contribution in [0.1, 0.15) is 31.7 Å². The van der Waals surface area contributed by atoms with Crippen LogP contribution in [0.4, 0.5) is 5.69 Å². The van der Waals surface area contributed by atoms with Crippen LogP contribution in [-0.2, 0) is 5.41 Å². The van der Waals surface area contributed by atoms with Crippen LogP contribution < -0.4 is 4.90 Å². The molecule has 1 saturated carbocycles. The highest BCUT2D eigenvalue weighted by molar-refractivity contribution is 5.51. The van der Waals surface area contributed by atoms with Gasteiger partial charge >= 0.3 is 0 Å². The summed E-state index contributed by atoms with van der Waals surface area (Å²) in [5, 5.41) is 0. The van der Waals surface area contributed by atoms with E-state index in [1.807, 2.05) is 0 Å². The number of hydrogen-bond acceptors (Lipinski definition) is 2. The first-order valence-corrected chi connectivity index (χ1v) is 7.90. The molecule has 1 aromatic rings. The van der Waals surface area contributed by atoms with E-state index in [1.54, 1.807) is 5.56 Å². The maximum Gasteiger partial charge on any atom is 0.0366 e. The van der Waals surface area contributed by atoms with E-state index in [-0.39, 0.29) is 0 Å². The summed E-state index contributed by atoms with van der Waals surface area (Å²) in [5.41, 5.74) is 3.55. The maximum absolute atomic E-state index is 2.61. The van der Waals surface area contributed by atoms with Gasteiger partial charge in [-0.3, -0.25) is 0 Å². The van der Waals surface area contributed by atoms with Gasteiger partial charge in [0.15, 0.2) is 0 Å². The second-order valence-electron chi connectivity index (χ2n) is 6.63. The maximum atomic E-state index is 2.61. The number of hydrogen-bond donors (Lipinski definition) is 0. The minimum Gasteiger partial charge on any atom is -0.372 e. The van der Waals surface area contributed by atoms with Gasteiger partial charge in [0.25, 0.3) is 0 Å². The first-order valence-electron chi connectivity index (χ1n) is 7.90. The highest BCUT2D eigenvalue weighted by Crippen LogP contribution is 2.58. The Balaban J connectivity index is 1.54. The van der Waals surface area contributed by atoms with Crippen molar-refractivity contribution in [2.45, 2.75) is 31.6 Å². The molecule has 0 N–H and O–H groups in total. The number of fused-ring (bicyclic) bond motifs is 1. The highest BCUT2D eigenvalue weighted by Gasteiger charge is 2.60. The molecule has 19 heavy (non-hydrogen) atoms. The molecular formula is C17H24N2. The van der Waals surface area contributed by atoms with E-state index in [1.165, 1.54) is 57.7 Å². The van der Waals surface area contributed by atoms with Crippen LogP contribution >= 0.6 is 0 Å². The predicted molar refractivity (Wildman–Crippen MR) is 79.8 cm³/mol. The molecule has 2 saturated heterocycles. The van der Waals surface area contributed by atoms with Gasteiger partial charge in [-0.15, -0.1) is 0 Å². The molecule has 0 bridgehead atoms. The summed E-state index contributed by atoms with van der Waals surface area (Å²) >= 11 is 0. The quantitative estimate of drug-likeness (QED) is 0.820. The summed E-state index contributed by atoms with van der Waals surface area (Å²) in [6, 6.07) is 9.54. The van der Waals surface area contributed by atoms with Gasteiger partial charge in [-0.2, -0.15) is 0 Å². The average Bonchev–Trinajstić information content (AvgIpc) is 2.89. The molecule has 102 valence electrons. The number of nitrogens with zero attached hydrogens (tertiary/aromatic N) is 2. The normalized spacial score (nSPS) is 33.7. The van der Waals surface area contributed by atoms with Crippen molar-refractivity contribution in [2.24, 2.45) is 5.92 Å². The fourth-order valence-corrected chi connectivity index (χ4v) is 4.25. The first kappa shape index (κ1) is 11.8. The summed E-state index contributed by atoms with van der Waals surface area (Å²) in [6.45, 7) is 8.61. The molecule has 1 aromatic carbocycles. The summed E-state index contributed by atoms with van der Waals surface area (Å²) in [5.74, 6) is 0.935. The lowest BCUT2D eigenvalue weighted by Crippen LogP contribution is -2.26. The monoisotopic (exact) mass is 256 g/mol. The number of rotatable bonds is 3. The topological polar surface area (TPSA) is 6.48 Å². The smallest absolute Gasteiger partial charge is 0.0366 e. The third-order valence-corrected chi connectivity index (χ3v) is 5.58. The van der Waals surface area contributed by atoms with E-state index >= 15 is 0 Å². The van der Waals surface area contributed by atoms with Gasteiger partial charge in [0, 0.05) is 37.3 Å². The lowest BCUT2D eigenvalue weighted by atomic mass is 9.95. The first-order chi connectivity index (χ1) is 9.32.